The summed E-state index contributed by atoms with van der Waals surface area (Å²) in [5.41, 5.74) is 3.78. The summed E-state index contributed by atoms with van der Waals surface area (Å²) >= 11 is 0. The molecular formula is C24H30N4O2. The predicted molar refractivity (Wildman–Crippen MR) is 122 cm³/mol. The summed E-state index contributed by atoms with van der Waals surface area (Å²) in [6.07, 6.45) is 0. The molecule has 1 aliphatic heterocycles. The van der Waals surface area contributed by atoms with Crippen molar-refractivity contribution in [1.29, 1.82) is 0 Å². The number of rotatable bonds is 4. The third-order valence-electron chi connectivity index (χ3n) is 5.28. The molecule has 0 atom stereocenters. The Labute approximate surface area is 178 Å². The van der Waals surface area contributed by atoms with Crippen molar-refractivity contribution in [1.82, 2.24) is 9.80 Å². The van der Waals surface area contributed by atoms with Crippen LogP contribution in [0.2, 0.25) is 0 Å². The van der Waals surface area contributed by atoms with Crippen LogP contribution in [-0.2, 0) is 5.41 Å². The molecule has 0 radical (unpaired) electrons. The largest absolute Gasteiger partial charge is 0.355 e. The van der Waals surface area contributed by atoms with Gasteiger partial charge in [-0.2, -0.15) is 4.99 Å². The van der Waals surface area contributed by atoms with Crippen LogP contribution in [0.15, 0.2) is 47.5 Å². The molecule has 3 rings (SSSR count). The summed E-state index contributed by atoms with van der Waals surface area (Å²) in [6.45, 7) is 9.60. The van der Waals surface area contributed by atoms with Gasteiger partial charge in [0, 0.05) is 49.7 Å². The van der Waals surface area contributed by atoms with Gasteiger partial charge >= 0.3 is 0 Å². The van der Waals surface area contributed by atoms with E-state index in [4.69, 9.17) is 0 Å². The number of benzene rings is 2. The highest BCUT2D eigenvalue weighted by molar-refractivity contribution is 6.03. The van der Waals surface area contributed by atoms with E-state index in [0.29, 0.717) is 17.1 Å². The Morgan fingerprint density at radius 1 is 0.967 bits per heavy atom. The molecule has 1 amide bonds. The van der Waals surface area contributed by atoms with Gasteiger partial charge in [0.25, 0.3) is 5.91 Å². The van der Waals surface area contributed by atoms with Gasteiger partial charge in [-0.05, 0) is 48.2 Å². The van der Waals surface area contributed by atoms with E-state index in [-0.39, 0.29) is 17.1 Å². The number of likely N-dealkylation sites (N-methyl/N-ethyl adjacent to an activating group) is 2. The number of carbonyl (C=O) groups is 2. The number of hydrogen-bond acceptors (Lipinski definition) is 3. The molecule has 0 aliphatic carbocycles. The number of ketones is 1. The average molecular weight is 407 g/mol. The molecule has 1 saturated heterocycles. The van der Waals surface area contributed by atoms with E-state index < -0.39 is 0 Å². The number of hydrogen-bond donors (Lipinski definition) is 1. The van der Waals surface area contributed by atoms with Gasteiger partial charge in [-0.15, -0.1) is 0 Å². The number of nitrogens with zero attached hydrogens (tertiary/aromatic N) is 3. The molecule has 6 heteroatoms. The number of anilines is 2. The van der Waals surface area contributed by atoms with Gasteiger partial charge < -0.3 is 15.1 Å². The average Bonchev–Trinajstić information content (AvgIpc) is 2.99. The normalized spacial score (nSPS) is 14.1. The maximum Gasteiger partial charge on any atom is 0.280 e. The first-order valence-corrected chi connectivity index (χ1v) is 10.1. The Hall–Kier alpha value is -3.15. The third-order valence-corrected chi connectivity index (χ3v) is 5.28. The molecule has 0 saturated carbocycles. The molecule has 6 nitrogen and oxygen atoms in total. The zero-order chi connectivity index (χ0) is 22.1. The van der Waals surface area contributed by atoms with Crippen LogP contribution in [0.4, 0.5) is 11.4 Å². The molecule has 0 bridgehead atoms. The lowest BCUT2D eigenvalue weighted by Crippen LogP contribution is -2.29. The molecule has 30 heavy (non-hydrogen) atoms. The summed E-state index contributed by atoms with van der Waals surface area (Å²) in [6, 6.07) is 13.1. The monoisotopic (exact) mass is 406 g/mol. The fourth-order valence-electron chi connectivity index (χ4n) is 3.50. The van der Waals surface area contributed by atoms with Gasteiger partial charge in [0.15, 0.2) is 5.78 Å². The van der Waals surface area contributed by atoms with E-state index >= 15 is 0 Å². The highest BCUT2D eigenvalue weighted by Crippen LogP contribution is 2.33. The van der Waals surface area contributed by atoms with Crippen molar-refractivity contribution in [3.63, 3.8) is 0 Å². The zero-order valence-corrected chi connectivity index (χ0v) is 18.6. The van der Waals surface area contributed by atoms with Gasteiger partial charge in [-0.3, -0.25) is 9.59 Å². The van der Waals surface area contributed by atoms with Crippen LogP contribution in [0, 0.1) is 0 Å². The number of nitrogens with one attached hydrogen (secondary N) is 1. The van der Waals surface area contributed by atoms with Crippen LogP contribution in [0.3, 0.4) is 0 Å². The van der Waals surface area contributed by atoms with Crippen molar-refractivity contribution in [2.24, 2.45) is 4.99 Å². The van der Waals surface area contributed by atoms with Crippen molar-refractivity contribution < 1.29 is 9.59 Å². The maximum atomic E-state index is 12.9. The van der Waals surface area contributed by atoms with Gasteiger partial charge in [0.2, 0.25) is 5.96 Å². The topological polar surface area (TPSA) is 65.0 Å². The van der Waals surface area contributed by atoms with E-state index in [1.807, 2.05) is 54.2 Å². The molecule has 1 aliphatic rings. The summed E-state index contributed by atoms with van der Waals surface area (Å²) in [7, 11) is 3.89. The van der Waals surface area contributed by atoms with Crippen LogP contribution in [0.5, 0.6) is 0 Å². The first-order valence-electron chi connectivity index (χ1n) is 10.1. The van der Waals surface area contributed by atoms with Gasteiger partial charge in [0.05, 0.1) is 0 Å². The summed E-state index contributed by atoms with van der Waals surface area (Å²) in [5.74, 6) is 0.471. The molecule has 1 N–H and O–H groups in total. The molecule has 0 aromatic heterocycles. The predicted octanol–water partition coefficient (Wildman–Crippen LogP) is 4.30. The Kier molecular flexibility index (Phi) is 5.97. The number of amides is 1. The minimum atomic E-state index is -0.249. The Morgan fingerprint density at radius 3 is 2.23 bits per heavy atom. The second kappa shape index (κ2) is 8.30. The quantitative estimate of drug-likeness (QED) is 0.767. The minimum absolute atomic E-state index is 0.0246. The van der Waals surface area contributed by atoms with Crippen LogP contribution in [0.1, 0.15) is 54.0 Å². The highest BCUT2D eigenvalue weighted by atomic mass is 16.1. The molecule has 0 spiro atoms. The number of aliphatic imine (C=N–C) groups is 1. The molecule has 158 valence electrons. The van der Waals surface area contributed by atoms with Crippen molar-refractivity contribution in [2.75, 3.05) is 32.5 Å². The van der Waals surface area contributed by atoms with Gasteiger partial charge in [-0.1, -0.05) is 32.9 Å². The van der Waals surface area contributed by atoms with E-state index in [9.17, 15) is 9.59 Å². The second-order valence-corrected chi connectivity index (χ2v) is 8.83. The molecular weight excluding hydrogens is 376 g/mol. The van der Waals surface area contributed by atoms with Crippen molar-refractivity contribution in [2.45, 2.75) is 33.1 Å². The van der Waals surface area contributed by atoms with E-state index in [1.165, 1.54) is 0 Å². The highest BCUT2D eigenvalue weighted by Gasteiger charge is 2.23. The lowest BCUT2D eigenvalue weighted by atomic mass is 9.84. The number of Topliss-reactive ketones (excluding diaryl/α,β-unsaturated/α-hetero) is 1. The van der Waals surface area contributed by atoms with E-state index in [0.717, 1.165) is 30.0 Å². The molecule has 2 aromatic rings. The van der Waals surface area contributed by atoms with Crippen molar-refractivity contribution in [3.8, 4) is 0 Å². The number of carbonyl (C=O) groups excluding carboxylic acids is 2. The standard InChI is InChI=1S/C24H30N4O2/c1-16(29)17-8-7-9-19(14-17)25-21-11-10-18(15-20(21)24(2,3)4)22(30)26-23-27(5)12-13-28(23)6/h7-11,14-15,25H,12-13H2,1-6H3. The van der Waals surface area contributed by atoms with Crippen molar-refractivity contribution in [3.05, 3.63) is 59.2 Å². The summed E-state index contributed by atoms with van der Waals surface area (Å²) in [4.78, 5) is 32.9. The Morgan fingerprint density at radius 2 is 1.63 bits per heavy atom. The fraction of sp³-hybridized carbons (Fsp3) is 0.375. The molecule has 1 heterocycles. The van der Waals surface area contributed by atoms with Crippen molar-refractivity contribution >= 4 is 29.0 Å². The summed E-state index contributed by atoms with van der Waals surface area (Å²) in [5, 5.41) is 3.41. The number of guanidine groups is 1. The zero-order valence-electron chi connectivity index (χ0n) is 18.6. The first kappa shape index (κ1) is 21.6. The van der Waals surface area contributed by atoms with E-state index in [1.54, 1.807) is 19.1 Å². The van der Waals surface area contributed by atoms with Crippen LogP contribution < -0.4 is 5.32 Å². The smallest absolute Gasteiger partial charge is 0.280 e. The van der Waals surface area contributed by atoms with E-state index in [2.05, 4.69) is 31.1 Å². The lowest BCUT2D eigenvalue weighted by Gasteiger charge is -2.24. The van der Waals surface area contributed by atoms with Crippen LogP contribution >= 0.6 is 0 Å². The third kappa shape index (κ3) is 4.70. The van der Waals surface area contributed by atoms with Gasteiger partial charge in [0.1, 0.15) is 0 Å². The lowest BCUT2D eigenvalue weighted by molar-refractivity contribution is 0.0996. The van der Waals surface area contributed by atoms with Gasteiger partial charge in [-0.25, -0.2) is 0 Å². The molecule has 2 aromatic carbocycles. The SMILES string of the molecule is CC(=O)c1cccc(Nc2ccc(C(=O)N=C3N(C)CCN3C)cc2C(C)(C)C)c1. The van der Waals surface area contributed by atoms with Crippen LogP contribution in [-0.4, -0.2) is 54.6 Å². The first-order chi connectivity index (χ1) is 14.1. The molecule has 1 fully saturated rings. The summed E-state index contributed by atoms with van der Waals surface area (Å²) < 4.78 is 0. The molecule has 0 unspecified atom stereocenters. The second-order valence-electron chi connectivity index (χ2n) is 8.83. The fourth-order valence-corrected chi connectivity index (χ4v) is 3.50. The Bertz CT molecular complexity index is 993. The van der Waals surface area contributed by atoms with Crippen LogP contribution in [0.25, 0.3) is 0 Å². The maximum absolute atomic E-state index is 12.9. The Balaban J connectivity index is 1.95. The minimum Gasteiger partial charge on any atom is -0.355 e.